The molecule has 2 aliphatic heterocycles. The number of likely N-dealkylation sites (tertiary alicyclic amines) is 1. The van der Waals surface area contributed by atoms with Crippen LogP contribution >= 0.6 is 0 Å². The van der Waals surface area contributed by atoms with Crippen LogP contribution in [0.3, 0.4) is 0 Å². The number of nitrogen functional groups attached to an aromatic ring is 1. The van der Waals surface area contributed by atoms with Crippen LogP contribution in [0.1, 0.15) is 29.6 Å². The molecule has 2 aliphatic rings. The van der Waals surface area contributed by atoms with Gasteiger partial charge >= 0.3 is 0 Å². The zero-order valence-corrected chi connectivity index (χ0v) is 11.4. The van der Waals surface area contributed by atoms with Crippen molar-refractivity contribution < 1.29 is 4.79 Å². The van der Waals surface area contributed by atoms with Gasteiger partial charge < -0.3 is 10.6 Å². The minimum absolute atomic E-state index is 0.140. The molecule has 0 aromatic heterocycles. The van der Waals surface area contributed by atoms with Gasteiger partial charge in [0.1, 0.15) is 0 Å². The Morgan fingerprint density at radius 1 is 1.16 bits per heavy atom. The molecule has 102 valence electrons. The van der Waals surface area contributed by atoms with Crippen LogP contribution in [0, 0.1) is 0 Å². The minimum Gasteiger partial charge on any atom is -0.399 e. The molecular formula is C15H21N3O. The lowest BCUT2D eigenvalue weighted by Gasteiger charge is -2.25. The van der Waals surface area contributed by atoms with Crippen molar-refractivity contribution in [3.8, 4) is 0 Å². The fraction of sp³-hybridized carbons (Fsp3) is 0.533. The van der Waals surface area contributed by atoms with E-state index in [4.69, 9.17) is 5.73 Å². The fourth-order valence-electron chi connectivity index (χ4n) is 3.30. The van der Waals surface area contributed by atoms with Crippen molar-refractivity contribution >= 4 is 11.6 Å². The average Bonchev–Trinajstić information content (AvgIpc) is 2.63. The predicted molar refractivity (Wildman–Crippen MR) is 75.9 cm³/mol. The number of rotatable bonds is 1. The Bertz CT molecular complexity index is 471. The third-order valence-corrected chi connectivity index (χ3v) is 4.59. The number of anilines is 1. The van der Waals surface area contributed by atoms with Crippen LogP contribution in [0.2, 0.25) is 0 Å². The van der Waals surface area contributed by atoms with Crippen LogP contribution in [0.25, 0.3) is 0 Å². The van der Waals surface area contributed by atoms with E-state index < -0.39 is 0 Å². The lowest BCUT2D eigenvalue weighted by atomic mass is 10.1. The standard InChI is InChI=1S/C15H21N3O/c1-17-13-6-7-14(17)10-18(9-8-13)15(19)11-2-4-12(16)5-3-11/h2-5,13-14H,6-10,16H2,1H3. The summed E-state index contributed by atoms with van der Waals surface area (Å²) in [5.41, 5.74) is 7.11. The minimum atomic E-state index is 0.140. The summed E-state index contributed by atoms with van der Waals surface area (Å²) in [6.45, 7) is 1.73. The summed E-state index contributed by atoms with van der Waals surface area (Å²) in [5, 5.41) is 0. The second-order valence-corrected chi connectivity index (χ2v) is 5.71. The largest absolute Gasteiger partial charge is 0.399 e. The zero-order valence-electron chi connectivity index (χ0n) is 11.4. The highest BCUT2D eigenvalue weighted by Crippen LogP contribution is 2.29. The Labute approximate surface area is 114 Å². The van der Waals surface area contributed by atoms with Crippen molar-refractivity contribution in [3.05, 3.63) is 29.8 Å². The molecule has 2 N–H and O–H groups in total. The number of nitrogens with zero attached hydrogens (tertiary/aromatic N) is 2. The number of benzene rings is 1. The summed E-state index contributed by atoms with van der Waals surface area (Å²) in [4.78, 5) is 17.0. The van der Waals surface area contributed by atoms with Crippen molar-refractivity contribution in [1.82, 2.24) is 9.80 Å². The van der Waals surface area contributed by atoms with Crippen LogP contribution in [-0.4, -0.2) is 47.9 Å². The van der Waals surface area contributed by atoms with Crippen molar-refractivity contribution in [2.45, 2.75) is 31.3 Å². The van der Waals surface area contributed by atoms with Gasteiger partial charge in [0, 0.05) is 36.4 Å². The SMILES string of the molecule is CN1C2CCC1CN(C(=O)c1ccc(N)cc1)CC2. The summed E-state index contributed by atoms with van der Waals surface area (Å²) in [6, 6.07) is 8.43. The number of fused-ring (bicyclic) bond motifs is 2. The number of carbonyl (C=O) groups excluding carboxylic acids is 1. The third-order valence-electron chi connectivity index (χ3n) is 4.59. The Morgan fingerprint density at radius 3 is 2.58 bits per heavy atom. The van der Waals surface area contributed by atoms with Gasteiger partial charge in [-0.1, -0.05) is 0 Å². The van der Waals surface area contributed by atoms with Gasteiger partial charge in [-0.15, -0.1) is 0 Å². The quantitative estimate of drug-likeness (QED) is 0.779. The smallest absolute Gasteiger partial charge is 0.253 e. The van der Waals surface area contributed by atoms with E-state index in [1.807, 2.05) is 17.0 Å². The molecule has 1 aromatic carbocycles. The summed E-state index contributed by atoms with van der Waals surface area (Å²) in [7, 11) is 2.19. The first-order valence-corrected chi connectivity index (χ1v) is 7.02. The van der Waals surface area contributed by atoms with E-state index in [1.54, 1.807) is 12.1 Å². The number of carbonyl (C=O) groups is 1. The Balaban J connectivity index is 1.75. The van der Waals surface area contributed by atoms with E-state index >= 15 is 0 Å². The molecular weight excluding hydrogens is 238 g/mol. The van der Waals surface area contributed by atoms with Crippen LogP contribution < -0.4 is 5.73 Å². The fourth-order valence-corrected chi connectivity index (χ4v) is 3.30. The molecule has 0 aliphatic carbocycles. The molecule has 2 saturated heterocycles. The van der Waals surface area contributed by atoms with E-state index in [-0.39, 0.29) is 5.91 Å². The molecule has 0 radical (unpaired) electrons. The first-order valence-electron chi connectivity index (χ1n) is 7.02. The van der Waals surface area contributed by atoms with Gasteiger partial charge in [0.25, 0.3) is 5.91 Å². The molecule has 2 unspecified atom stereocenters. The van der Waals surface area contributed by atoms with Crippen LogP contribution in [0.5, 0.6) is 0 Å². The average molecular weight is 259 g/mol. The van der Waals surface area contributed by atoms with Gasteiger partial charge in [-0.05, 0) is 50.6 Å². The Morgan fingerprint density at radius 2 is 1.84 bits per heavy atom. The number of nitrogens with two attached hydrogens (primary N) is 1. The first kappa shape index (κ1) is 12.5. The van der Waals surface area contributed by atoms with Crippen LogP contribution in [0.15, 0.2) is 24.3 Å². The second-order valence-electron chi connectivity index (χ2n) is 5.71. The summed E-state index contributed by atoms with van der Waals surface area (Å²) in [5.74, 6) is 0.140. The number of amides is 1. The van der Waals surface area contributed by atoms with Crippen molar-refractivity contribution in [2.75, 3.05) is 25.9 Å². The molecule has 2 atom stereocenters. The normalized spacial score (nSPS) is 27.3. The summed E-state index contributed by atoms with van der Waals surface area (Å²) < 4.78 is 0. The number of hydrogen-bond acceptors (Lipinski definition) is 3. The number of hydrogen-bond donors (Lipinski definition) is 1. The molecule has 2 fully saturated rings. The van der Waals surface area contributed by atoms with Crippen LogP contribution in [-0.2, 0) is 0 Å². The Hall–Kier alpha value is -1.55. The lowest BCUT2D eigenvalue weighted by molar-refractivity contribution is 0.0740. The molecule has 1 amide bonds. The van der Waals surface area contributed by atoms with Gasteiger partial charge in [0.2, 0.25) is 0 Å². The van der Waals surface area contributed by atoms with E-state index in [0.717, 1.165) is 25.1 Å². The molecule has 2 bridgehead atoms. The van der Waals surface area contributed by atoms with E-state index in [2.05, 4.69) is 11.9 Å². The molecule has 2 heterocycles. The van der Waals surface area contributed by atoms with Gasteiger partial charge in [0.05, 0.1) is 0 Å². The summed E-state index contributed by atoms with van der Waals surface area (Å²) in [6.07, 6.45) is 3.59. The van der Waals surface area contributed by atoms with Gasteiger partial charge in [-0.2, -0.15) is 0 Å². The molecule has 0 saturated carbocycles. The maximum Gasteiger partial charge on any atom is 0.253 e. The monoisotopic (exact) mass is 259 g/mol. The van der Waals surface area contributed by atoms with Gasteiger partial charge in [-0.25, -0.2) is 0 Å². The Kier molecular flexibility index (Phi) is 3.19. The van der Waals surface area contributed by atoms with Crippen molar-refractivity contribution in [3.63, 3.8) is 0 Å². The predicted octanol–water partition coefficient (Wildman–Crippen LogP) is 1.58. The highest BCUT2D eigenvalue weighted by molar-refractivity contribution is 5.94. The summed E-state index contributed by atoms with van der Waals surface area (Å²) >= 11 is 0. The maximum absolute atomic E-state index is 12.5. The number of likely N-dealkylation sites (N-methyl/N-ethyl adjacent to an activating group) is 1. The van der Waals surface area contributed by atoms with Crippen molar-refractivity contribution in [1.29, 1.82) is 0 Å². The highest BCUT2D eigenvalue weighted by Gasteiger charge is 2.36. The second kappa shape index (κ2) is 4.85. The lowest BCUT2D eigenvalue weighted by Crippen LogP contribution is -2.39. The molecule has 4 nitrogen and oxygen atoms in total. The van der Waals surface area contributed by atoms with Gasteiger partial charge in [0.15, 0.2) is 0 Å². The molecule has 19 heavy (non-hydrogen) atoms. The molecule has 3 rings (SSSR count). The molecule has 4 heteroatoms. The third kappa shape index (κ3) is 2.32. The molecule has 1 aromatic rings. The topological polar surface area (TPSA) is 49.6 Å². The van der Waals surface area contributed by atoms with E-state index in [0.29, 0.717) is 17.8 Å². The van der Waals surface area contributed by atoms with Crippen molar-refractivity contribution in [2.24, 2.45) is 0 Å². The maximum atomic E-state index is 12.5. The zero-order chi connectivity index (χ0) is 13.4. The van der Waals surface area contributed by atoms with E-state index in [1.165, 1.54) is 12.8 Å². The first-order chi connectivity index (χ1) is 9.15. The van der Waals surface area contributed by atoms with Crippen LogP contribution in [0.4, 0.5) is 5.69 Å². The van der Waals surface area contributed by atoms with E-state index in [9.17, 15) is 4.79 Å². The molecule has 0 spiro atoms. The van der Waals surface area contributed by atoms with Gasteiger partial charge in [-0.3, -0.25) is 9.69 Å². The highest BCUT2D eigenvalue weighted by atomic mass is 16.2.